The Kier molecular flexibility index (Phi) is 4.15. The molecular weight excluding hydrogens is 396 g/mol. The fraction of sp³-hybridized carbons (Fsp3) is 0.188. The van der Waals surface area contributed by atoms with Crippen LogP contribution in [0, 0.1) is 6.92 Å². The Balaban J connectivity index is 1.87. The number of carbonyl (C=O) groups is 1. The smallest absolute Gasteiger partial charge is 0.255 e. The van der Waals surface area contributed by atoms with E-state index < -0.39 is 0 Å². The third-order valence-corrected chi connectivity index (χ3v) is 4.78. The van der Waals surface area contributed by atoms with Crippen molar-refractivity contribution < 1.29 is 4.79 Å². The first-order chi connectivity index (χ1) is 10.0. The van der Waals surface area contributed by atoms with Crippen molar-refractivity contribution in [3.05, 3.63) is 61.5 Å². The fourth-order valence-electron chi connectivity index (χ4n) is 2.44. The molecule has 1 aliphatic heterocycles. The Morgan fingerprint density at radius 1 is 1.10 bits per heavy atom. The van der Waals surface area contributed by atoms with Gasteiger partial charge in [0.05, 0.1) is 5.69 Å². The van der Waals surface area contributed by atoms with Crippen molar-refractivity contribution >= 4 is 43.5 Å². The van der Waals surface area contributed by atoms with Gasteiger partial charge in [0.1, 0.15) is 0 Å². The molecule has 0 aromatic heterocycles. The van der Waals surface area contributed by atoms with Crippen molar-refractivity contribution in [2.45, 2.75) is 20.0 Å². The predicted octanol–water partition coefficient (Wildman–Crippen LogP) is 4.38. The van der Waals surface area contributed by atoms with Gasteiger partial charge in [-0.15, -0.1) is 0 Å². The van der Waals surface area contributed by atoms with Gasteiger partial charge in [-0.3, -0.25) is 4.79 Å². The predicted molar refractivity (Wildman–Crippen MR) is 91.5 cm³/mol. The van der Waals surface area contributed by atoms with Crippen LogP contribution < -0.4 is 10.6 Å². The van der Waals surface area contributed by atoms with Gasteiger partial charge in [0.15, 0.2) is 0 Å². The van der Waals surface area contributed by atoms with Crippen LogP contribution in [0.1, 0.15) is 27.0 Å². The molecule has 0 fully saturated rings. The van der Waals surface area contributed by atoms with E-state index in [1.54, 1.807) is 0 Å². The highest BCUT2D eigenvalue weighted by atomic mass is 79.9. The van der Waals surface area contributed by atoms with E-state index in [2.05, 4.69) is 42.5 Å². The van der Waals surface area contributed by atoms with Crippen molar-refractivity contribution in [3.8, 4) is 0 Å². The molecule has 2 aromatic carbocycles. The number of fused-ring (bicyclic) bond motifs is 1. The maximum absolute atomic E-state index is 12.4. The second kappa shape index (κ2) is 5.91. The van der Waals surface area contributed by atoms with Crippen LogP contribution in [0.4, 0.5) is 5.69 Å². The monoisotopic (exact) mass is 408 g/mol. The highest BCUT2D eigenvalue weighted by molar-refractivity contribution is 9.11. The molecule has 0 saturated heterocycles. The minimum absolute atomic E-state index is 0.102. The van der Waals surface area contributed by atoms with E-state index in [0.29, 0.717) is 5.56 Å². The molecule has 3 rings (SSSR count). The standard InChI is InChI=1S/C16H14Br2N2O/c1-9-4-13(17)15(14(18)5-9)20-16(21)10-2-3-11-7-19-8-12(11)6-10/h2-6,19H,7-8H2,1H3,(H,20,21). The Labute approximate surface area is 140 Å². The Bertz CT molecular complexity index is 705. The highest BCUT2D eigenvalue weighted by Gasteiger charge is 2.15. The molecule has 1 amide bonds. The molecule has 0 unspecified atom stereocenters. The van der Waals surface area contributed by atoms with Crippen LogP contribution in [0.5, 0.6) is 0 Å². The zero-order chi connectivity index (χ0) is 15.0. The molecule has 0 saturated carbocycles. The van der Waals surface area contributed by atoms with Crippen molar-refractivity contribution in [3.63, 3.8) is 0 Å². The molecule has 5 heteroatoms. The number of rotatable bonds is 2. The van der Waals surface area contributed by atoms with Gasteiger partial charge < -0.3 is 10.6 Å². The van der Waals surface area contributed by atoms with Gasteiger partial charge in [0.2, 0.25) is 0 Å². The molecule has 0 spiro atoms. The molecule has 2 aromatic rings. The number of hydrogen-bond donors (Lipinski definition) is 2. The average Bonchev–Trinajstić information content (AvgIpc) is 2.89. The number of hydrogen-bond acceptors (Lipinski definition) is 2. The molecule has 0 radical (unpaired) electrons. The summed E-state index contributed by atoms with van der Waals surface area (Å²) in [5, 5.41) is 6.24. The van der Waals surface area contributed by atoms with Crippen LogP contribution in [0.2, 0.25) is 0 Å². The molecule has 2 N–H and O–H groups in total. The number of anilines is 1. The number of benzene rings is 2. The molecule has 1 heterocycles. The zero-order valence-electron chi connectivity index (χ0n) is 11.5. The van der Waals surface area contributed by atoms with Crippen LogP contribution in [0.15, 0.2) is 39.3 Å². The number of aryl methyl sites for hydroxylation is 1. The normalized spacial score (nSPS) is 13.1. The third kappa shape index (κ3) is 3.05. The van der Waals surface area contributed by atoms with Crippen LogP contribution >= 0.6 is 31.9 Å². The van der Waals surface area contributed by atoms with Gasteiger partial charge in [-0.1, -0.05) is 6.07 Å². The Morgan fingerprint density at radius 2 is 1.76 bits per heavy atom. The molecular formula is C16H14Br2N2O. The van der Waals surface area contributed by atoms with Gasteiger partial charge in [-0.05, 0) is 79.7 Å². The minimum atomic E-state index is -0.102. The van der Waals surface area contributed by atoms with Crippen molar-refractivity contribution in [1.29, 1.82) is 0 Å². The highest BCUT2D eigenvalue weighted by Crippen LogP contribution is 2.32. The maximum Gasteiger partial charge on any atom is 0.255 e. The van der Waals surface area contributed by atoms with Gasteiger partial charge in [-0.2, -0.15) is 0 Å². The van der Waals surface area contributed by atoms with E-state index in [4.69, 9.17) is 0 Å². The lowest BCUT2D eigenvalue weighted by molar-refractivity contribution is 0.102. The number of carbonyl (C=O) groups excluding carboxylic acids is 1. The first kappa shape index (κ1) is 14.8. The van der Waals surface area contributed by atoms with Crippen molar-refractivity contribution in [1.82, 2.24) is 5.32 Å². The number of nitrogens with one attached hydrogen (secondary N) is 2. The van der Waals surface area contributed by atoms with E-state index in [1.165, 1.54) is 11.1 Å². The minimum Gasteiger partial charge on any atom is -0.320 e. The van der Waals surface area contributed by atoms with E-state index in [1.807, 2.05) is 37.3 Å². The summed E-state index contributed by atoms with van der Waals surface area (Å²) in [6.07, 6.45) is 0. The van der Waals surface area contributed by atoms with Gasteiger partial charge in [0.25, 0.3) is 5.91 Å². The Hall–Kier alpha value is -1.17. The van der Waals surface area contributed by atoms with Crippen LogP contribution in [-0.4, -0.2) is 5.91 Å². The van der Waals surface area contributed by atoms with E-state index in [-0.39, 0.29) is 5.91 Å². The Morgan fingerprint density at radius 3 is 2.48 bits per heavy atom. The molecule has 0 aliphatic carbocycles. The second-order valence-corrected chi connectivity index (χ2v) is 6.85. The molecule has 0 atom stereocenters. The molecule has 1 aliphatic rings. The lowest BCUT2D eigenvalue weighted by Crippen LogP contribution is -2.13. The molecule has 0 bridgehead atoms. The average molecular weight is 410 g/mol. The fourth-order valence-corrected chi connectivity index (χ4v) is 4.05. The zero-order valence-corrected chi connectivity index (χ0v) is 14.6. The van der Waals surface area contributed by atoms with Gasteiger partial charge >= 0.3 is 0 Å². The van der Waals surface area contributed by atoms with Gasteiger partial charge in [0, 0.05) is 27.6 Å². The largest absolute Gasteiger partial charge is 0.320 e. The van der Waals surface area contributed by atoms with Crippen molar-refractivity contribution in [2.24, 2.45) is 0 Å². The summed E-state index contributed by atoms with van der Waals surface area (Å²) in [5.41, 5.74) is 5.02. The summed E-state index contributed by atoms with van der Waals surface area (Å²) in [4.78, 5) is 12.4. The molecule has 3 nitrogen and oxygen atoms in total. The lowest BCUT2D eigenvalue weighted by Gasteiger charge is -2.11. The number of halogens is 2. The first-order valence-electron chi connectivity index (χ1n) is 6.64. The van der Waals surface area contributed by atoms with Crippen LogP contribution in [0.3, 0.4) is 0 Å². The summed E-state index contributed by atoms with van der Waals surface area (Å²) in [7, 11) is 0. The van der Waals surface area contributed by atoms with E-state index in [0.717, 1.165) is 33.3 Å². The first-order valence-corrected chi connectivity index (χ1v) is 8.23. The molecule has 21 heavy (non-hydrogen) atoms. The quantitative estimate of drug-likeness (QED) is 0.772. The molecule has 108 valence electrons. The SMILES string of the molecule is Cc1cc(Br)c(NC(=O)c2ccc3c(c2)CNC3)c(Br)c1. The summed E-state index contributed by atoms with van der Waals surface area (Å²) in [5.74, 6) is -0.102. The summed E-state index contributed by atoms with van der Waals surface area (Å²) in [6.45, 7) is 3.72. The van der Waals surface area contributed by atoms with Crippen LogP contribution in [-0.2, 0) is 13.1 Å². The van der Waals surface area contributed by atoms with Crippen LogP contribution in [0.25, 0.3) is 0 Å². The van der Waals surface area contributed by atoms with Gasteiger partial charge in [-0.25, -0.2) is 0 Å². The topological polar surface area (TPSA) is 41.1 Å². The summed E-state index contributed by atoms with van der Waals surface area (Å²) in [6, 6.07) is 9.81. The maximum atomic E-state index is 12.4. The lowest BCUT2D eigenvalue weighted by atomic mass is 10.1. The second-order valence-electron chi connectivity index (χ2n) is 5.14. The summed E-state index contributed by atoms with van der Waals surface area (Å²) >= 11 is 6.99. The number of amides is 1. The third-order valence-electron chi connectivity index (χ3n) is 3.52. The van der Waals surface area contributed by atoms with E-state index >= 15 is 0 Å². The van der Waals surface area contributed by atoms with E-state index in [9.17, 15) is 4.79 Å². The summed E-state index contributed by atoms with van der Waals surface area (Å²) < 4.78 is 1.73. The van der Waals surface area contributed by atoms with Crippen molar-refractivity contribution in [2.75, 3.05) is 5.32 Å².